The van der Waals surface area contributed by atoms with Crippen LogP contribution in [-0.2, 0) is 6.54 Å². The lowest BCUT2D eigenvalue weighted by Gasteiger charge is -2.04. The summed E-state index contributed by atoms with van der Waals surface area (Å²) in [7, 11) is 0. The third-order valence-electron chi connectivity index (χ3n) is 2.57. The molecule has 0 aliphatic heterocycles. The van der Waals surface area contributed by atoms with E-state index in [0.717, 1.165) is 16.3 Å². The highest BCUT2D eigenvalue weighted by molar-refractivity contribution is 7.98. The van der Waals surface area contributed by atoms with Crippen LogP contribution in [0.5, 0.6) is 0 Å². The van der Waals surface area contributed by atoms with Gasteiger partial charge in [0.2, 0.25) is 0 Å². The van der Waals surface area contributed by atoms with E-state index < -0.39 is 16.3 Å². The Labute approximate surface area is 116 Å². The van der Waals surface area contributed by atoms with Crippen LogP contribution in [0.2, 0.25) is 0 Å². The van der Waals surface area contributed by atoms with E-state index in [-0.39, 0.29) is 17.4 Å². The molecule has 1 aromatic heterocycles. The van der Waals surface area contributed by atoms with Crippen LogP contribution < -0.4 is 11.4 Å². The SMILES string of the molecule is CSc1nc(=O)n(Cc2ccc([N+](=O)[O-])cc2)c(=O)[nH]1. The molecule has 0 radical (unpaired) electrons. The van der Waals surface area contributed by atoms with Gasteiger partial charge in [0, 0.05) is 12.1 Å². The number of aromatic nitrogens is 3. The lowest BCUT2D eigenvalue weighted by Crippen LogP contribution is -2.37. The summed E-state index contributed by atoms with van der Waals surface area (Å²) in [6, 6.07) is 5.62. The molecule has 0 atom stereocenters. The van der Waals surface area contributed by atoms with Crippen LogP contribution in [0.25, 0.3) is 0 Å². The molecule has 0 fully saturated rings. The van der Waals surface area contributed by atoms with Gasteiger partial charge in [-0.1, -0.05) is 23.9 Å². The number of aromatic amines is 1. The van der Waals surface area contributed by atoms with Gasteiger partial charge in [-0.2, -0.15) is 4.98 Å². The number of benzene rings is 1. The minimum atomic E-state index is -0.656. The summed E-state index contributed by atoms with van der Waals surface area (Å²) in [5.74, 6) is 0. The van der Waals surface area contributed by atoms with Crippen LogP contribution in [0.3, 0.4) is 0 Å². The fraction of sp³-hybridized carbons (Fsp3) is 0.182. The molecule has 8 nitrogen and oxygen atoms in total. The maximum atomic E-state index is 11.7. The van der Waals surface area contributed by atoms with Crippen LogP contribution >= 0.6 is 11.8 Å². The average Bonchev–Trinajstić information content (AvgIpc) is 2.43. The predicted molar refractivity (Wildman–Crippen MR) is 73.1 cm³/mol. The molecule has 0 amide bonds. The van der Waals surface area contributed by atoms with Crippen LogP contribution in [-0.4, -0.2) is 25.7 Å². The predicted octanol–water partition coefficient (Wildman–Crippen LogP) is 0.610. The summed E-state index contributed by atoms with van der Waals surface area (Å²) < 4.78 is 0.931. The van der Waals surface area contributed by atoms with Crippen molar-refractivity contribution < 1.29 is 4.92 Å². The highest BCUT2D eigenvalue weighted by Crippen LogP contribution is 2.12. The second-order valence-electron chi connectivity index (χ2n) is 3.84. The van der Waals surface area contributed by atoms with Crippen LogP contribution in [0.4, 0.5) is 5.69 Å². The van der Waals surface area contributed by atoms with Crippen molar-refractivity contribution in [3.63, 3.8) is 0 Å². The van der Waals surface area contributed by atoms with Crippen LogP contribution in [0.1, 0.15) is 5.56 Å². The molecule has 1 aromatic carbocycles. The number of nitro benzene ring substituents is 1. The van der Waals surface area contributed by atoms with E-state index in [2.05, 4.69) is 9.97 Å². The van der Waals surface area contributed by atoms with E-state index in [9.17, 15) is 19.7 Å². The van der Waals surface area contributed by atoms with Crippen molar-refractivity contribution in [3.8, 4) is 0 Å². The molecule has 20 heavy (non-hydrogen) atoms. The summed E-state index contributed by atoms with van der Waals surface area (Å²) in [5.41, 5.74) is -0.670. The first-order valence-corrected chi connectivity index (χ1v) is 6.72. The van der Waals surface area contributed by atoms with Gasteiger partial charge in [-0.05, 0) is 11.8 Å². The molecule has 0 saturated carbocycles. The highest BCUT2D eigenvalue weighted by atomic mass is 32.2. The van der Waals surface area contributed by atoms with E-state index in [4.69, 9.17) is 0 Å². The summed E-state index contributed by atoms with van der Waals surface area (Å²) in [5, 5.41) is 10.8. The first kappa shape index (κ1) is 14.0. The van der Waals surface area contributed by atoms with Crippen molar-refractivity contribution in [1.82, 2.24) is 14.5 Å². The lowest BCUT2D eigenvalue weighted by molar-refractivity contribution is -0.384. The van der Waals surface area contributed by atoms with E-state index in [0.29, 0.717) is 5.56 Å². The van der Waals surface area contributed by atoms with Gasteiger partial charge >= 0.3 is 11.4 Å². The van der Waals surface area contributed by atoms with Crippen molar-refractivity contribution in [2.45, 2.75) is 11.7 Å². The number of thioether (sulfide) groups is 1. The highest BCUT2D eigenvalue weighted by Gasteiger charge is 2.08. The van der Waals surface area contributed by atoms with Crippen LogP contribution in [0, 0.1) is 10.1 Å². The smallest absolute Gasteiger partial charge is 0.286 e. The Morgan fingerprint density at radius 1 is 1.35 bits per heavy atom. The Morgan fingerprint density at radius 3 is 2.50 bits per heavy atom. The third-order valence-corrected chi connectivity index (χ3v) is 3.15. The molecular weight excluding hydrogens is 284 g/mol. The van der Waals surface area contributed by atoms with Crippen molar-refractivity contribution >= 4 is 17.4 Å². The number of hydrogen-bond donors (Lipinski definition) is 1. The second-order valence-corrected chi connectivity index (χ2v) is 4.64. The zero-order chi connectivity index (χ0) is 14.7. The Bertz CT molecular complexity index is 719. The maximum Gasteiger partial charge on any atom is 0.354 e. The van der Waals surface area contributed by atoms with Gasteiger partial charge in [0.25, 0.3) is 5.69 Å². The number of H-pyrrole nitrogens is 1. The van der Waals surface area contributed by atoms with Crippen molar-refractivity contribution in [1.29, 1.82) is 0 Å². The molecule has 0 aliphatic rings. The minimum absolute atomic E-state index is 0.00776. The molecule has 9 heteroatoms. The number of nitro groups is 1. The Kier molecular flexibility index (Phi) is 3.99. The zero-order valence-corrected chi connectivity index (χ0v) is 11.2. The number of nitrogens with one attached hydrogen (secondary N) is 1. The topological polar surface area (TPSA) is 111 Å². The molecule has 2 rings (SSSR count). The van der Waals surface area contributed by atoms with Gasteiger partial charge in [0.15, 0.2) is 5.16 Å². The van der Waals surface area contributed by atoms with E-state index in [1.165, 1.54) is 24.3 Å². The fourth-order valence-corrected chi connectivity index (χ4v) is 1.92. The quantitative estimate of drug-likeness (QED) is 0.502. The molecule has 1 heterocycles. The van der Waals surface area contributed by atoms with Crippen molar-refractivity contribution in [2.24, 2.45) is 0 Å². The molecule has 0 unspecified atom stereocenters. The lowest BCUT2D eigenvalue weighted by atomic mass is 10.2. The summed E-state index contributed by atoms with van der Waals surface area (Å²) in [4.78, 5) is 39.6. The zero-order valence-electron chi connectivity index (χ0n) is 10.4. The normalized spacial score (nSPS) is 10.4. The average molecular weight is 294 g/mol. The number of hydrogen-bond acceptors (Lipinski definition) is 6. The number of rotatable bonds is 4. The maximum absolute atomic E-state index is 11.7. The molecule has 0 bridgehead atoms. The van der Waals surface area contributed by atoms with Gasteiger partial charge < -0.3 is 0 Å². The molecule has 0 saturated heterocycles. The summed E-state index contributed by atoms with van der Waals surface area (Å²) in [6.45, 7) is 0.00776. The Morgan fingerprint density at radius 2 is 2.00 bits per heavy atom. The van der Waals surface area contributed by atoms with Crippen molar-refractivity contribution in [2.75, 3.05) is 6.26 Å². The van der Waals surface area contributed by atoms with Gasteiger partial charge in [0.1, 0.15) is 0 Å². The largest absolute Gasteiger partial charge is 0.354 e. The second kappa shape index (κ2) is 5.70. The van der Waals surface area contributed by atoms with E-state index in [1.807, 2.05) is 0 Å². The molecular formula is C11H10N4O4S. The summed E-state index contributed by atoms with van der Waals surface area (Å²) >= 11 is 1.16. The van der Waals surface area contributed by atoms with Crippen LogP contribution in [0.15, 0.2) is 39.0 Å². The Hall–Kier alpha value is -2.42. The van der Waals surface area contributed by atoms with Gasteiger partial charge in [-0.25, -0.2) is 14.2 Å². The van der Waals surface area contributed by atoms with Gasteiger partial charge in [0.05, 0.1) is 11.5 Å². The van der Waals surface area contributed by atoms with Crippen molar-refractivity contribution in [3.05, 3.63) is 60.9 Å². The fourth-order valence-electron chi connectivity index (χ4n) is 1.56. The third kappa shape index (κ3) is 2.94. The van der Waals surface area contributed by atoms with Gasteiger partial charge in [-0.3, -0.25) is 15.1 Å². The standard InChI is InChI=1S/C11H10N4O4S/c1-20-9-12-10(16)14(11(17)13-9)6-7-2-4-8(5-3-7)15(18)19/h2-5H,6H2,1H3,(H,12,13,16,17). The molecule has 0 aliphatic carbocycles. The van der Waals surface area contributed by atoms with Gasteiger partial charge in [-0.15, -0.1) is 0 Å². The van der Waals surface area contributed by atoms with E-state index in [1.54, 1.807) is 6.26 Å². The first-order chi connectivity index (χ1) is 9.51. The monoisotopic (exact) mass is 294 g/mol. The molecule has 0 spiro atoms. The first-order valence-electron chi connectivity index (χ1n) is 5.49. The molecule has 104 valence electrons. The minimum Gasteiger partial charge on any atom is -0.286 e. The number of nitrogens with zero attached hydrogens (tertiary/aromatic N) is 3. The molecule has 1 N–H and O–H groups in total. The van der Waals surface area contributed by atoms with E-state index >= 15 is 0 Å². The Balaban J connectivity index is 2.33. The summed E-state index contributed by atoms with van der Waals surface area (Å²) in [6.07, 6.45) is 1.69. The molecule has 2 aromatic rings. The number of non-ortho nitro benzene ring substituents is 1.